The van der Waals surface area contributed by atoms with Gasteiger partial charge in [-0.3, -0.25) is 14.7 Å². The molecule has 0 saturated heterocycles. The number of aryl methyl sites for hydroxylation is 1. The third-order valence-corrected chi connectivity index (χ3v) is 4.07. The van der Waals surface area contributed by atoms with Gasteiger partial charge >= 0.3 is 0 Å². The predicted molar refractivity (Wildman–Crippen MR) is 92.8 cm³/mol. The van der Waals surface area contributed by atoms with E-state index in [0.29, 0.717) is 11.4 Å². The van der Waals surface area contributed by atoms with Crippen LogP contribution in [-0.2, 0) is 0 Å². The van der Waals surface area contributed by atoms with Crippen molar-refractivity contribution in [1.29, 1.82) is 0 Å². The minimum Gasteiger partial charge on any atom is -0.360 e. The van der Waals surface area contributed by atoms with Gasteiger partial charge in [0.25, 0.3) is 5.91 Å². The quantitative estimate of drug-likeness (QED) is 0.803. The summed E-state index contributed by atoms with van der Waals surface area (Å²) in [5.41, 5.74) is 3.54. The van der Waals surface area contributed by atoms with Crippen molar-refractivity contribution in [2.45, 2.75) is 13.1 Å². The first kappa shape index (κ1) is 14.4. The van der Waals surface area contributed by atoms with Gasteiger partial charge in [-0.2, -0.15) is 0 Å². The molecular formula is C19H16N4O. The van der Waals surface area contributed by atoms with Crippen LogP contribution in [-0.4, -0.2) is 15.9 Å². The van der Waals surface area contributed by atoms with Gasteiger partial charge in [0.15, 0.2) is 0 Å². The second kappa shape index (κ2) is 5.77. The average Bonchev–Trinajstić information content (AvgIpc) is 2.89. The fourth-order valence-corrected chi connectivity index (χ4v) is 2.90. The molecule has 24 heavy (non-hydrogen) atoms. The number of benzene rings is 1. The lowest BCUT2D eigenvalue weighted by molar-refractivity contribution is 0.0992. The van der Waals surface area contributed by atoms with E-state index in [1.54, 1.807) is 23.5 Å². The molecule has 0 unspecified atom stereocenters. The molecule has 5 nitrogen and oxygen atoms in total. The monoisotopic (exact) mass is 316 g/mol. The van der Waals surface area contributed by atoms with Crippen LogP contribution in [0.1, 0.15) is 27.7 Å². The molecule has 4 rings (SSSR count). The Morgan fingerprint density at radius 3 is 2.67 bits per heavy atom. The SMILES string of the molecule is Cc1ccc(N2C(=O)c3ccccc3[C@@H]2Nc2cccnc2)nc1. The maximum absolute atomic E-state index is 12.9. The molecule has 1 amide bonds. The smallest absolute Gasteiger partial charge is 0.261 e. The molecule has 2 aromatic heterocycles. The summed E-state index contributed by atoms with van der Waals surface area (Å²) >= 11 is 0. The second-order valence-electron chi connectivity index (χ2n) is 5.74. The van der Waals surface area contributed by atoms with Crippen molar-refractivity contribution in [1.82, 2.24) is 9.97 Å². The zero-order valence-corrected chi connectivity index (χ0v) is 13.2. The van der Waals surface area contributed by atoms with Crippen LogP contribution in [0.5, 0.6) is 0 Å². The number of hydrogen-bond donors (Lipinski definition) is 1. The van der Waals surface area contributed by atoms with Gasteiger partial charge < -0.3 is 5.32 Å². The fourth-order valence-electron chi connectivity index (χ4n) is 2.90. The zero-order valence-electron chi connectivity index (χ0n) is 13.2. The van der Waals surface area contributed by atoms with Crippen LogP contribution in [0.15, 0.2) is 67.1 Å². The molecule has 1 atom stereocenters. The number of fused-ring (bicyclic) bond motifs is 1. The van der Waals surface area contributed by atoms with E-state index < -0.39 is 0 Å². The van der Waals surface area contributed by atoms with Crippen molar-refractivity contribution in [3.63, 3.8) is 0 Å². The van der Waals surface area contributed by atoms with Gasteiger partial charge in [-0.05, 0) is 36.8 Å². The highest BCUT2D eigenvalue weighted by molar-refractivity contribution is 6.10. The molecule has 0 aliphatic carbocycles. The fraction of sp³-hybridized carbons (Fsp3) is 0.105. The molecule has 3 aromatic rings. The number of nitrogens with zero attached hydrogens (tertiary/aromatic N) is 3. The molecule has 0 radical (unpaired) electrons. The molecule has 1 N–H and O–H groups in total. The van der Waals surface area contributed by atoms with E-state index in [2.05, 4.69) is 15.3 Å². The molecular weight excluding hydrogens is 300 g/mol. The number of nitrogens with one attached hydrogen (secondary N) is 1. The van der Waals surface area contributed by atoms with Crippen molar-refractivity contribution in [3.05, 3.63) is 83.8 Å². The first-order valence-corrected chi connectivity index (χ1v) is 7.76. The standard InChI is InChI=1S/C19H16N4O/c1-13-8-9-17(21-11-13)23-18(22-14-5-4-10-20-12-14)15-6-2-3-7-16(15)19(23)24/h2-12,18,22H,1H3/t18-/m1/s1. The molecule has 1 aliphatic heterocycles. The van der Waals surface area contributed by atoms with Gasteiger partial charge in [-0.25, -0.2) is 4.98 Å². The Labute approximate surface area is 140 Å². The van der Waals surface area contributed by atoms with Crippen LogP contribution in [0.25, 0.3) is 0 Å². The number of aromatic nitrogens is 2. The van der Waals surface area contributed by atoms with E-state index in [9.17, 15) is 4.79 Å². The lowest BCUT2D eigenvalue weighted by atomic mass is 10.1. The van der Waals surface area contributed by atoms with Crippen molar-refractivity contribution in [2.24, 2.45) is 0 Å². The highest BCUT2D eigenvalue weighted by Gasteiger charge is 2.38. The molecule has 0 bridgehead atoms. The van der Waals surface area contributed by atoms with Gasteiger partial charge in [-0.15, -0.1) is 0 Å². The third-order valence-electron chi connectivity index (χ3n) is 4.07. The highest BCUT2D eigenvalue weighted by atomic mass is 16.2. The van der Waals surface area contributed by atoms with Crippen molar-refractivity contribution in [2.75, 3.05) is 10.2 Å². The third kappa shape index (κ3) is 2.40. The van der Waals surface area contributed by atoms with Gasteiger partial charge in [-0.1, -0.05) is 24.3 Å². The van der Waals surface area contributed by atoms with Crippen molar-refractivity contribution >= 4 is 17.4 Å². The summed E-state index contributed by atoms with van der Waals surface area (Å²) in [4.78, 5) is 23.2. The van der Waals surface area contributed by atoms with Crippen LogP contribution in [0.2, 0.25) is 0 Å². The summed E-state index contributed by atoms with van der Waals surface area (Å²) in [6, 6.07) is 15.3. The maximum atomic E-state index is 12.9. The summed E-state index contributed by atoms with van der Waals surface area (Å²) in [5.74, 6) is 0.575. The summed E-state index contributed by atoms with van der Waals surface area (Å²) in [6.07, 6.45) is 4.92. The number of amides is 1. The molecule has 0 saturated carbocycles. The summed E-state index contributed by atoms with van der Waals surface area (Å²) in [5, 5.41) is 3.39. The number of rotatable bonds is 3. The van der Waals surface area contributed by atoms with E-state index in [0.717, 1.165) is 16.8 Å². The lowest BCUT2D eigenvalue weighted by Gasteiger charge is -2.26. The van der Waals surface area contributed by atoms with E-state index >= 15 is 0 Å². The van der Waals surface area contributed by atoms with Crippen molar-refractivity contribution in [3.8, 4) is 0 Å². The topological polar surface area (TPSA) is 58.1 Å². The largest absolute Gasteiger partial charge is 0.360 e. The van der Waals surface area contributed by atoms with Crippen molar-refractivity contribution < 1.29 is 4.79 Å². The second-order valence-corrected chi connectivity index (χ2v) is 5.74. The molecule has 1 aromatic carbocycles. The first-order valence-electron chi connectivity index (χ1n) is 7.76. The van der Waals surface area contributed by atoms with Crippen LogP contribution in [0, 0.1) is 6.92 Å². The minimum absolute atomic E-state index is 0.0525. The number of anilines is 2. The number of carbonyl (C=O) groups is 1. The summed E-state index contributed by atoms with van der Waals surface area (Å²) in [6.45, 7) is 1.97. The predicted octanol–water partition coefficient (Wildman–Crippen LogP) is 3.56. The van der Waals surface area contributed by atoms with Gasteiger partial charge in [0.2, 0.25) is 0 Å². The highest BCUT2D eigenvalue weighted by Crippen LogP contribution is 2.36. The van der Waals surface area contributed by atoms with Crippen LogP contribution < -0.4 is 10.2 Å². The number of carbonyl (C=O) groups excluding carboxylic acids is 1. The minimum atomic E-state index is -0.312. The number of hydrogen-bond acceptors (Lipinski definition) is 4. The Bertz CT molecular complexity index is 877. The Morgan fingerprint density at radius 2 is 1.92 bits per heavy atom. The molecule has 3 heterocycles. The summed E-state index contributed by atoms with van der Waals surface area (Å²) in [7, 11) is 0. The first-order chi connectivity index (χ1) is 11.7. The number of pyridine rings is 2. The average molecular weight is 316 g/mol. The molecule has 1 aliphatic rings. The molecule has 5 heteroatoms. The van der Waals surface area contributed by atoms with E-state index in [-0.39, 0.29) is 12.1 Å². The summed E-state index contributed by atoms with van der Waals surface area (Å²) < 4.78 is 0. The normalized spacial score (nSPS) is 16.1. The molecule has 0 spiro atoms. The van der Waals surface area contributed by atoms with Gasteiger partial charge in [0.05, 0.1) is 5.69 Å². The van der Waals surface area contributed by atoms with Crippen LogP contribution >= 0.6 is 0 Å². The lowest BCUT2D eigenvalue weighted by Crippen LogP contribution is -2.32. The Kier molecular flexibility index (Phi) is 3.46. The Morgan fingerprint density at radius 1 is 1.04 bits per heavy atom. The molecule has 118 valence electrons. The Hall–Kier alpha value is -3.21. The maximum Gasteiger partial charge on any atom is 0.261 e. The van der Waals surface area contributed by atoms with E-state index in [1.807, 2.05) is 55.5 Å². The Balaban J connectivity index is 1.79. The zero-order chi connectivity index (χ0) is 16.5. The van der Waals surface area contributed by atoms with Gasteiger partial charge in [0, 0.05) is 29.7 Å². The van der Waals surface area contributed by atoms with Gasteiger partial charge in [0.1, 0.15) is 12.0 Å². The molecule has 0 fully saturated rings. The van der Waals surface area contributed by atoms with Crippen LogP contribution in [0.3, 0.4) is 0 Å². The van der Waals surface area contributed by atoms with E-state index in [4.69, 9.17) is 0 Å². The van der Waals surface area contributed by atoms with E-state index in [1.165, 1.54) is 0 Å². The van der Waals surface area contributed by atoms with Crippen LogP contribution in [0.4, 0.5) is 11.5 Å².